The molecule has 3 aliphatic heterocycles. The highest BCUT2D eigenvalue weighted by atomic mass is 35.5. The Morgan fingerprint density at radius 2 is 1.93 bits per heavy atom. The Bertz CT molecular complexity index is 901. The van der Waals surface area contributed by atoms with Crippen LogP contribution in [0.4, 0.5) is 5.69 Å². The van der Waals surface area contributed by atoms with Crippen molar-refractivity contribution in [2.24, 2.45) is 0 Å². The second-order valence-electron chi connectivity index (χ2n) is 8.15. The Kier molecular flexibility index (Phi) is 5.22. The van der Waals surface area contributed by atoms with E-state index >= 15 is 0 Å². The van der Waals surface area contributed by atoms with Crippen molar-refractivity contribution < 1.29 is 13.9 Å². The average Bonchev–Trinajstić information content (AvgIpc) is 3.43. The molecule has 6 nitrogen and oxygen atoms in total. The summed E-state index contributed by atoms with van der Waals surface area (Å²) in [6.45, 7) is 4.71. The Morgan fingerprint density at radius 3 is 2.69 bits per heavy atom. The van der Waals surface area contributed by atoms with Gasteiger partial charge in [0.05, 0.1) is 17.3 Å². The summed E-state index contributed by atoms with van der Waals surface area (Å²) in [7, 11) is 0. The number of anilines is 1. The third kappa shape index (κ3) is 3.76. The van der Waals surface area contributed by atoms with Crippen LogP contribution in [0.25, 0.3) is 0 Å². The van der Waals surface area contributed by atoms with Crippen molar-refractivity contribution in [1.29, 1.82) is 0 Å². The fourth-order valence-electron chi connectivity index (χ4n) is 4.55. The number of rotatable bonds is 3. The van der Waals surface area contributed by atoms with E-state index in [1.54, 1.807) is 0 Å². The van der Waals surface area contributed by atoms with E-state index < -0.39 is 0 Å². The number of halogens is 1. The minimum Gasteiger partial charge on any atom is -0.445 e. The molecule has 2 fully saturated rings. The lowest BCUT2D eigenvalue weighted by atomic mass is 10.0. The number of carbonyl (C=O) groups is 1. The van der Waals surface area contributed by atoms with E-state index in [4.69, 9.17) is 25.7 Å². The second-order valence-corrected chi connectivity index (χ2v) is 8.55. The Hall–Kier alpha value is -2.05. The molecule has 0 spiro atoms. The van der Waals surface area contributed by atoms with Gasteiger partial charge in [0.1, 0.15) is 11.5 Å². The fourth-order valence-corrected chi connectivity index (χ4v) is 4.85. The van der Waals surface area contributed by atoms with Gasteiger partial charge in [-0.1, -0.05) is 11.6 Å². The van der Waals surface area contributed by atoms with Crippen LogP contribution in [0.15, 0.2) is 22.6 Å². The van der Waals surface area contributed by atoms with E-state index in [1.165, 1.54) is 12.8 Å². The average molecular weight is 416 g/mol. The first-order valence-corrected chi connectivity index (χ1v) is 11.0. The molecule has 1 aromatic carbocycles. The molecule has 154 valence electrons. The highest BCUT2D eigenvalue weighted by Gasteiger charge is 2.29. The number of nitrogens with zero attached hydrogens (tertiary/aromatic N) is 3. The number of benzene rings is 1. The van der Waals surface area contributed by atoms with Crippen LogP contribution >= 0.6 is 11.6 Å². The molecular weight excluding hydrogens is 390 g/mol. The SMILES string of the molecule is O=C(c1ccc(N2CCCC2)c(Cl)c1)N1CCc2oc(C3CCOCC3)nc2C1. The largest absolute Gasteiger partial charge is 0.445 e. The van der Waals surface area contributed by atoms with Gasteiger partial charge < -0.3 is 19.0 Å². The number of aromatic nitrogens is 1. The standard InChI is InChI=1S/C22H26ClN3O3/c23-17-13-16(3-4-19(17)25-8-1-2-9-25)22(27)26-10-5-20-18(14-26)24-21(29-20)15-6-11-28-12-7-15/h3-4,13,15H,1-2,5-12,14H2. The summed E-state index contributed by atoms with van der Waals surface area (Å²) in [6, 6.07) is 5.69. The van der Waals surface area contributed by atoms with Crippen LogP contribution < -0.4 is 4.90 Å². The summed E-state index contributed by atoms with van der Waals surface area (Å²) >= 11 is 6.51. The Balaban J connectivity index is 1.30. The topological polar surface area (TPSA) is 58.8 Å². The van der Waals surface area contributed by atoms with Gasteiger partial charge in [0.25, 0.3) is 5.91 Å². The summed E-state index contributed by atoms with van der Waals surface area (Å²) in [6.07, 6.45) is 4.99. The molecule has 0 radical (unpaired) electrons. The molecule has 0 unspecified atom stereocenters. The van der Waals surface area contributed by atoms with Crippen LogP contribution in [-0.4, -0.2) is 48.6 Å². The first kappa shape index (κ1) is 18.9. The molecule has 2 aromatic rings. The first-order valence-electron chi connectivity index (χ1n) is 10.6. The van der Waals surface area contributed by atoms with Gasteiger partial charge in [-0.25, -0.2) is 4.98 Å². The van der Waals surface area contributed by atoms with Crippen LogP contribution in [0.1, 0.15) is 59.3 Å². The van der Waals surface area contributed by atoms with Crippen LogP contribution in [0.2, 0.25) is 5.02 Å². The molecule has 0 saturated carbocycles. The predicted octanol–water partition coefficient (Wildman–Crippen LogP) is 4.02. The summed E-state index contributed by atoms with van der Waals surface area (Å²) < 4.78 is 11.5. The molecule has 3 aliphatic rings. The van der Waals surface area contributed by atoms with Crippen molar-refractivity contribution in [3.63, 3.8) is 0 Å². The van der Waals surface area contributed by atoms with Gasteiger partial charge in [0.15, 0.2) is 5.89 Å². The number of oxazole rings is 1. The van der Waals surface area contributed by atoms with Gasteiger partial charge in [-0.15, -0.1) is 0 Å². The highest BCUT2D eigenvalue weighted by Crippen LogP contribution is 2.32. The molecule has 2 saturated heterocycles. The second kappa shape index (κ2) is 8.00. The normalized spacial score (nSPS) is 20.2. The van der Waals surface area contributed by atoms with E-state index in [-0.39, 0.29) is 5.91 Å². The summed E-state index contributed by atoms with van der Waals surface area (Å²) in [4.78, 5) is 22.0. The summed E-state index contributed by atoms with van der Waals surface area (Å²) in [5, 5.41) is 0.652. The van der Waals surface area contributed by atoms with Crippen LogP contribution in [0.3, 0.4) is 0 Å². The summed E-state index contributed by atoms with van der Waals surface area (Å²) in [5.74, 6) is 2.07. The third-order valence-corrected chi connectivity index (χ3v) is 6.55. The fraction of sp³-hybridized carbons (Fsp3) is 0.545. The van der Waals surface area contributed by atoms with E-state index in [0.717, 1.165) is 62.2 Å². The molecule has 0 N–H and O–H groups in total. The van der Waals surface area contributed by atoms with E-state index in [0.29, 0.717) is 36.0 Å². The molecule has 0 bridgehead atoms. The predicted molar refractivity (Wildman–Crippen MR) is 111 cm³/mol. The molecule has 4 heterocycles. The molecular formula is C22H26ClN3O3. The van der Waals surface area contributed by atoms with Crippen molar-refractivity contribution in [2.75, 3.05) is 37.7 Å². The van der Waals surface area contributed by atoms with E-state index in [1.807, 2.05) is 23.1 Å². The minimum absolute atomic E-state index is 0.00105. The summed E-state index contributed by atoms with van der Waals surface area (Å²) in [5.41, 5.74) is 2.56. The number of amides is 1. The monoisotopic (exact) mass is 415 g/mol. The number of ether oxygens (including phenoxy) is 1. The lowest BCUT2D eigenvalue weighted by Gasteiger charge is -2.26. The van der Waals surface area contributed by atoms with Gasteiger partial charge in [-0.05, 0) is 43.9 Å². The Morgan fingerprint density at radius 1 is 1.14 bits per heavy atom. The molecule has 29 heavy (non-hydrogen) atoms. The third-order valence-electron chi connectivity index (χ3n) is 6.24. The zero-order valence-corrected chi connectivity index (χ0v) is 17.3. The van der Waals surface area contributed by atoms with Gasteiger partial charge in [0, 0.05) is 50.8 Å². The van der Waals surface area contributed by atoms with Gasteiger partial charge >= 0.3 is 0 Å². The molecule has 7 heteroatoms. The van der Waals surface area contributed by atoms with Gasteiger partial charge in [-0.2, -0.15) is 0 Å². The molecule has 0 aliphatic carbocycles. The molecule has 1 aromatic heterocycles. The molecule has 1 amide bonds. The number of carbonyl (C=O) groups excluding carboxylic acids is 1. The first-order chi connectivity index (χ1) is 14.2. The number of fused-ring (bicyclic) bond motifs is 1. The van der Waals surface area contributed by atoms with Crippen molar-refractivity contribution in [1.82, 2.24) is 9.88 Å². The van der Waals surface area contributed by atoms with Gasteiger partial charge in [0.2, 0.25) is 0 Å². The highest BCUT2D eigenvalue weighted by molar-refractivity contribution is 6.33. The van der Waals surface area contributed by atoms with E-state index in [9.17, 15) is 4.79 Å². The zero-order chi connectivity index (χ0) is 19.8. The van der Waals surface area contributed by atoms with Crippen molar-refractivity contribution in [2.45, 2.75) is 44.6 Å². The van der Waals surface area contributed by atoms with Crippen molar-refractivity contribution in [3.8, 4) is 0 Å². The lowest BCUT2D eigenvalue weighted by Crippen LogP contribution is -2.35. The maximum atomic E-state index is 13.1. The van der Waals surface area contributed by atoms with Crippen molar-refractivity contribution >= 4 is 23.2 Å². The van der Waals surface area contributed by atoms with Crippen LogP contribution in [0.5, 0.6) is 0 Å². The van der Waals surface area contributed by atoms with Gasteiger partial charge in [-0.3, -0.25) is 4.79 Å². The Labute approximate surface area is 175 Å². The van der Waals surface area contributed by atoms with Crippen LogP contribution in [-0.2, 0) is 17.7 Å². The maximum Gasteiger partial charge on any atom is 0.254 e. The number of hydrogen-bond acceptors (Lipinski definition) is 5. The molecule has 5 rings (SSSR count). The quantitative estimate of drug-likeness (QED) is 0.757. The minimum atomic E-state index is 0.00105. The number of hydrogen-bond donors (Lipinski definition) is 0. The zero-order valence-electron chi connectivity index (χ0n) is 16.5. The van der Waals surface area contributed by atoms with Crippen LogP contribution in [0, 0.1) is 0 Å². The van der Waals surface area contributed by atoms with E-state index in [2.05, 4.69) is 4.90 Å². The molecule has 0 atom stereocenters. The van der Waals surface area contributed by atoms with Crippen molar-refractivity contribution in [3.05, 3.63) is 46.1 Å². The lowest BCUT2D eigenvalue weighted by molar-refractivity contribution is 0.0726. The maximum absolute atomic E-state index is 13.1. The smallest absolute Gasteiger partial charge is 0.254 e.